The van der Waals surface area contributed by atoms with E-state index in [2.05, 4.69) is 14.7 Å². The number of methoxy groups -OCH3 is 2. The second kappa shape index (κ2) is 4.25. The number of H-pyrrole nitrogens is 1. The highest BCUT2D eigenvalue weighted by Crippen LogP contribution is 2.33. The standard InChI is InChI=1S/C11H11ClN2O3/c1-5-13-8-7(12)4-6(11(15)17-3)10(16-2)9(8)14-5/h4H,1-3H3,(H,13,14). The maximum Gasteiger partial charge on any atom is 0.341 e. The number of esters is 1. The third kappa shape index (κ3) is 1.82. The number of halogens is 1. The van der Waals surface area contributed by atoms with E-state index in [1.807, 2.05) is 0 Å². The van der Waals surface area contributed by atoms with Gasteiger partial charge in [0.15, 0.2) is 5.75 Å². The van der Waals surface area contributed by atoms with E-state index in [9.17, 15) is 4.79 Å². The fraction of sp³-hybridized carbons (Fsp3) is 0.273. The molecule has 5 nitrogen and oxygen atoms in total. The smallest absolute Gasteiger partial charge is 0.341 e. The number of aromatic amines is 1. The van der Waals surface area contributed by atoms with Gasteiger partial charge in [-0.25, -0.2) is 9.78 Å². The van der Waals surface area contributed by atoms with Gasteiger partial charge >= 0.3 is 5.97 Å². The van der Waals surface area contributed by atoms with Crippen molar-refractivity contribution >= 4 is 28.6 Å². The fourth-order valence-corrected chi connectivity index (χ4v) is 1.93. The lowest BCUT2D eigenvalue weighted by atomic mass is 10.1. The predicted molar refractivity (Wildman–Crippen MR) is 63.7 cm³/mol. The normalized spacial score (nSPS) is 10.6. The number of imidazole rings is 1. The van der Waals surface area contributed by atoms with Crippen LogP contribution in [0.15, 0.2) is 6.07 Å². The summed E-state index contributed by atoms with van der Waals surface area (Å²) in [5, 5.41) is 0.404. The summed E-state index contributed by atoms with van der Waals surface area (Å²) in [5.74, 6) is 0.550. The Balaban J connectivity index is 2.81. The quantitative estimate of drug-likeness (QED) is 0.836. The van der Waals surface area contributed by atoms with Crippen LogP contribution in [0, 0.1) is 6.92 Å². The molecule has 0 saturated carbocycles. The molecule has 0 aliphatic rings. The van der Waals surface area contributed by atoms with E-state index < -0.39 is 5.97 Å². The maximum absolute atomic E-state index is 11.6. The first-order valence-electron chi connectivity index (χ1n) is 4.89. The molecular formula is C11H11ClN2O3. The van der Waals surface area contributed by atoms with E-state index in [-0.39, 0.29) is 5.56 Å². The first kappa shape index (κ1) is 11.7. The van der Waals surface area contributed by atoms with E-state index in [1.54, 1.807) is 6.92 Å². The molecule has 90 valence electrons. The van der Waals surface area contributed by atoms with Crippen molar-refractivity contribution in [3.63, 3.8) is 0 Å². The van der Waals surface area contributed by atoms with Crippen LogP contribution in [0.4, 0.5) is 0 Å². The molecule has 0 radical (unpaired) electrons. The minimum atomic E-state index is -0.508. The third-order valence-corrected chi connectivity index (χ3v) is 2.70. The summed E-state index contributed by atoms with van der Waals surface area (Å²) < 4.78 is 9.88. The van der Waals surface area contributed by atoms with Crippen molar-refractivity contribution in [1.29, 1.82) is 0 Å². The second-order valence-corrected chi connectivity index (χ2v) is 3.88. The Morgan fingerprint density at radius 2 is 2.18 bits per heavy atom. The van der Waals surface area contributed by atoms with Crippen molar-refractivity contribution in [1.82, 2.24) is 9.97 Å². The Hall–Kier alpha value is -1.75. The van der Waals surface area contributed by atoms with Crippen LogP contribution in [0.3, 0.4) is 0 Å². The van der Waals surface area contributed by atoms with Crippen molar-refractivity contribution in [2.24, 2.45) is 0 Å². The number of carbonyl (C=O) groups is 1. The molecule has 17 heavy (non-hydrogen) atoms. The number of nitrogens with zero attached hydrogens (tertiary/aromatic N) is 1. The van der Waals surface area contributed by atoms with E-state index in [0.717, 1.165) is 0 Å². The van der Waals surface area contributed by atoms with Crippen LogP contribution in [0.1, 0.15) is 16.2 Å². The fourth-order valence-electron chi connectivity index (χ4n) is 1.69. The molecule has 0 aliphatic carbocycles. The first-order chi connectivity index (χ1) is 8.08. The molecule has 0 amide bonds. The lowest BCUT2D eigenvalue weighted by Gasteiger charge is -2.08. The lowest BCUT2D eigenvalue weighted by molar-refractivity contribution is 0.0597. The van der Waals surface area contributed by atoms with Gasteiger partial charge in [0.05, 0.1) is 24.8 Å². The topological polar surface area (TPSA) is 64.2 Å². The maximum atomic E-state index is 11.6. The molecule has 0 spiro atoms. The van der Waals surface area contributed by atoms with Gasteiger partial charge in [-0.1, -0.05) is 11.6 Å². The van der Waals surface area contributed by atoms with Crippen molar-refractivity contribution in [3.05, 3.63) is 22.5 Å². The van der Waals surface area contributed by atoms with Gasteiger partial charge in [0.25, 0.3) is 0 Å². The van der Waals surface area contributed by atoms with Crippen LogP contribution in [0.2, 0.25) is 5.02 Å². The number of rotatable bonds is 2. The van der Waals surface area contributed by atoms with Crippen LogP contribution in [0.25, 0.3) is 11.0 Å². The van der Waals surface area contributed by atoms with E-state index in [0.29, 0.717) is 27.6 Å². The molecule has 2 rings (SSSR count). The zero-order valence-electron chi connectivity index (χ0n) is 9.63. The number of aryl methyl sites for hydroxylation is 1. The van der Waals surface area contributed by atoms with Gasteiger partial charge in [-0.2, -0.15) is 0 Å². The van der Waals surface area contributed by atoms with Gasteiger partial charge in [-0.15, -0.1) is 0 Å². The summed E-state index contributed by atoms with van der Waals surface area (Å²) in [6, 6.07) is 1.51. The number of hydrogen-bond acceptors (Lipinski definition) is 4. The van der Waals surface area contributed by atoms with Gasteiger partial charge in [0.2, 0.25) is 0 Å². The average Bonchev–Trinajstić information content (AvgIpc) is 2.70. The third-order valence-electron chi connectivity index (χ3n) is 2.40. The molecule has 0 saturated heterocycles. The Kier molecular flexibility index (Phi) is 2.93. The molecule has 1 N–H and O–H groups in total. The highest BCUT2D eigenvalue weighted by Gasteiger charge is 2.20. The van der Waals surface area contributed by atoms with Gasteiger partial charge in [0, 0.05) is 0 Å². The molecule has 0 fully saturated rings. The molecule has 1 aromatic heterocycles. The number of fused-ring (bicyclic) bond motifs is 1. The molecule has 0 aliphatic heterocycles. The average molecular weight is 255 g/mol. The number of hydrogen-bond donors (Lipinski definition) is 1. The van der Waals surface area contributed by atoms with Crippen molar-refractivity contribution in [2.75, 3.05) is 14.2 Å². The van der Waals surface area contributed by atoms with E-state index in [1.165, 1.54) is 20.3 Å². The van der Waals surface area contributed by atoms with Crippen molar-refractivity contribution in [2.45, 2.75) is 6.92 Å². The summed E-state index contributed by atoms with van der Waals surface area (Å²) in [6.45, 7) is 1.80. The molecule has 6 heteroatoms. The molecule has 0 unspecified atom stereocenters. The molecule has 1 heterocycles. The minimum Gasteiger partial charge on any atom is -0.493 e. The van der Waals surface area contributed by atoms with Crippen LogP contribution in [0.5, 0.6) is 5.75 Å². The molecule has 2 aromatic rings. The Labute approximate surface area is 103 Å². The van der Waals surface area contributed by atoms with Gasteiger partial charge < -0.3 is 14.5 Å². The van der Waals surface area contributed by atoms with Crippen molar-refractivity contribution in [3.8, 4) is 5.75 Å². The summed E-state index contributed by atoms with van der Waals surface area (Å²) in [7, 11) is 2.77. The minimum absolute atomic E-state index is 0.263. The summed E-state index contributed by atoms with van der Waals surface area (Å²) in [6.07, 6.45) is 0. The first-order valence-corrected chi connectivity index (χ1v) is 5.27. The summed E-state index contributed by atoms with van der Waals surface area (Å²) in [5.41, 5.74) is 1.44. The van der Waals surface area contributed by atoms with Gasteiger partial charge in [0.1, 0.15) is 16.9 Å². The Morgan fingerprint density at radius 3 is 2.76 bits per heavy atom. The number of carbonyl (C=O) groups excluding carboxylic acids is 1. The Bertz CT molecular complexity index is 592. The van der Waals surface area contributed by atoms with Crippen LogP contribution < -0.4 is 4.74 Å². The zero-order chi connectivity index (χ0) is 12.6. The molecule has 0 atom stereocenters. The molecule has 1 aromatic carbocycles. The van der Waals surface area contributed by atoms with Crippen molar-refractivity contribution < 1.29 is 14.3 Å². The van der Waals surface area contributed by atoms with Gasteiger partial charge in [-0.05, 0) is 13.0 Å². The Morgan fingerprint density at radius 1 is 1.47 bits per heavy atom. The SMILES string of the molecule is COC(=O)c1cc(Cl)c2[nH]c(C)nc2c1OC. The monoisotopic (exact) mass is 254 g/mol. The zero-order valence-corrected chi connectivity index (χ0v) is 10.4. The van der Waals surface area contributed by atoms with E-state index >= 15 is 0 Å². The van der Waals surface area contributed by atoms with Gasteiger partial charge in [-0.3, -0.25) is 0 Å². The second-order valence-electron chi connectivity index (χ2n) is 3.48. The van der Waals surface area contributed by atoms with E-state index in [4.69, 9.17) is 16.3 Å². The highest BCUT2D eigenvalue weighted by atomic mass is 35.5. The van der Waals surface area contributed by atoms with Crippen LogP contribution in [-0.4, -0.2) is 30.2 Å². The molecular weight excluding hydrogens is 244 g/mol. The highest BCUT2D eigenvalue weighted by molar-refractivity contribution is 6.35. The van der Waals surface area contributed by atoms with Crippen LogP contribution >= 0.6 is 11.6 Å². The predicted octanol–water partition coefficient (Wildman–Crippen LogP) is 2.32. The molecule has 0 bridgehead atoms. The number of aromatic nitrogens is 2. The largest absolute Gasteiger partial charge is 0.493 e. The summed E-state index contributed by atoms with van der Waals surface area (Å²) in [4.78, 5) is 18.9. The number of ether oxygens (including phenoxy) is 2. The van der Waals surface area contributed by atoms with Crippen LogP contribution in [-0.2, 0) is 4.74 Å². The number of nitrogens with one attached hydrogen (secondary N) is 1. The summed E-state index contributed by atoms with van der Waals surface area (Å²) >= 11 is 6.07. The lowest BCUT2D eigenvalue weighted by Crippen LogP contribution is -2.04. The number of benzene rings is 1.